The highest BCUT2D eigenvalue weighted by Crippen LogP contribution is 2.28. The third-order valence-electron chi connectivity index (χ3n) is 1.88. The largest absolute Gasteiger partial charge is 0.397 e. The van der Waals surface area contributed by atoms with E-state index in [1.54, 1.807) is 0 Å². The quantitative estimate of drug-likeness (QED) is 0.732. The Hall–Kier alpha value is -1.42. The molecule has 0 spiro atoms. The van der Waals surface area contributed by atoms with Crippen LogP contribution >= 0.6 is 11.6 Å². The molecule has 2 rings (SSSR count). The molecule has 2 aromatic rings. The van der Waals surface area contributed by atoms with Crippen LogP contribution in [0.25, 0.3) is 10.9 Å². The second-order valence-electron chi connectivity index (χ2n) is 2.80. The molecule has 5 heteroatoms. The fourth-order valence-electron chi connectivity index (χ4n) is 1.22. The van der Waals surface area contributed by atoms with Crippen LogP contribution in [-0.2, 0) is 0 Å². The summed E-state index contributed by atoms with van der Waals surface area (Å²) in [5, 5.41) is 0.373. The Bertz CT molecular complexity index is 514. The second-order valence-corrected chi connectivity index (χ2v) is 3.21. The smallest absolute Gasteiger partial charge is 0.152 e. The van der Waals surface area contributed by atoms with E-state index in [1.165, 1.54) is 6.20 Å². The lowest BCUT2D eigenvalue weighted by molar-refractivity contribution is 0.590. The number of hydrogen-bond acceptors (Lipinski definition) is 2. The van der Waals surface area contributed by atoms with Crippen molar-refractivity contribution in [3.05, 3.63) is 35.0 Å². The van der Waals surface area contributed by atoms with Gasteiger partial charge >= 0.3 is 0 Å². The van der Waals surface area contributed by atoms with Gasteiger partial charge in [0, 0.05) is 17.6 Å². The van der Waals surface area contributed by atoms with E-state index in [0.29, 0.717) is 0 Å². The summed E-state index contributed by atoms with van der Waals surface area (Å²) in [4.78, 5) is 3.73. The number of benzene rings is 1. The van der Waals surface area contributed by atoms with Crippen molar-refractivity contribution in [3.8, 4) is 0 Å². The van der Waals surface area contributed by atoms with Crippen LogP contribution in [0, 0.1) is 11.6 Å². The summed E-state index contributed by atoms with van der Waals surface area (Å²) in [5.41, 5.74) is 5.71. The zero-order valence-electron chi connectivity index (χ0n) is 6.89. The molecule has 0 saturated heterocycles. The normalized spacial score (nSPS) is 10.8. The Morgan fingerprint density at radius 1 is 1.29 bits per heavy atom. The maximum absolute atomic E-state index is 13.2. The highest BCUT2D eigenvalue weighted by Gasteiger charge is 2.09. The van der Waals surface area contributed by atoms with Gasteiger partial charge in [-0.1, -0.05) is 11.6 Å². The topological polar surface area (TPSA) is 38.9 Å². The zero-order chi connectivity index (χ0) is 10.3. The van der Waals surface area contributed by atoms with Crippen molar-refractivity contribution < 1.29 is 8.78 Å². The Kier molecular flexibility index (Phi) is 2.00. The third kappa shape index (κ3) is 1.28. The summed E-state index contributed by atoms with van der Waals surface area (Å²) in [6.07, 6.45) is 1.24. The van der Waals surface area contributed by atoms with Crippen molar-refractivity contribution in [2.24, 2.45) is 0 Å². The van der Waals surface area contributed by atoms with Crippen LogP contribution in [0.2, 0.25) is 5.02 Å². The zero-order valence-corrected chi connectivity index (χ0v) is 7.65. The van der Waals surface area contributed by atoms with Crippen LogP contribution in [0.1, 0.15) is 0 Å². The molecular weight excluding hydrogens is 210 g/mol. The van der Waals surface area contributed by atoms with Gasteiger partial charge in [0.2, 0.25) is 0 Å². The number of anilines is 1. The lowest BCUT2D eigenvalue weighted by Crippen LogP contribution is -1.94. The molecule has 0 bridgehead atoms. The Morgan fingerprint density at radius 3 is 2.71 bits per heavy atom. The van der Waals surface area contributed by atoms with Crippen molar-refractivity contribution in [2.75, 3.05) is 5.73 Å². The number of nitrogens with two attached hydrogens (primary N) is 1. The summed E-state index contributed by atoms with van der Waals surface area (Å²) in [7, 11) is 0. The first-order valence-electron chi connectivity index (χ1n) is 3.78. The van der Waals surface area contributed by atoms with E-state index in [-0.39, 0.29) is 21.6 Å². The number of fused-ring (bicyclic) bond motifs is 1. The molecule has 0 aliphatic rings. The monoisotopic (exact) mass is 214 g/mol. The lowest BCUT2D eigenvalue weighted by atomic mass is 10.2. The van der Waals surface area contributed by atoms with Gasteiger partial charge in [-0.15, -0.1) is 0 Å². The molecule has 1 aromatic heterocycles. The molecule has 0 radical (unpaired) electrons. The molecule has 72 valence electrons. The van der Waals surface area contributed by atoms with Gasteiger partial charge in [0.25, 0.3) is 0 Å². The van der Waals surface area contributed by atoms with Crippen molar-refractivity contribution in [1.29, 1.82) is 0 Å². The molecule has 0 fully saturated rings. The summed E-state index contributed by atoms with van der Waals surface area (Å²) in [6.45, 7) is 0. The van der Waals surface area contributed by atoms with E-state index in [2.05, 4.69) is 4.98 Å². The molecule has 1 aromatic carbocycles. The molecular formula is C9H5ClF2N2. The molecule has 2 N–H and O–H groups in total. The average molecular weight is 215 g/mol. The Balaban J connectivity index is 2.95. The Labute approximate surface area is 83.3 Å². The fraction of sp³-hybridized carbons (Fsp3) is 0. The van der Waals surface area contributed by atoms with Crippen molar-refractivity contribution in [3.63, 3.8) is 0 Å². The summed E-state index contributed by atoms with van der Waals surface area (Å²) >= 11 is 5.66. The fourth-order valence-corrected chi connectivity index (χ4v) is 1.37. The van der Waals surface area contributed by atoms with Gasteiger partial charge in [-0.3, -0.25) is 4.98 Å². The molecule has 1 heterocycles. The predicted octanol–water partition coefficient (Wildman–Crippen LogP) is 2.75. The average Bonchev–Trinajstić information content (AvgIpc) is 2.12. The van der Waals surface area contributed by atoms with Gasteiger partial charge in [0.05, 0.1) is 10.7 Å². The van der Waals surface area contributed by atoms with Crippen LogP contribution in [0.3, 0.4) is 0 Å². The molecule has 2 nitrogen and oxygen atoms in total. The predicted molar refractivity (Wildman–Crippen MR) is 51.1 cm³/mol. The number of aromatic nitrogens is 1. The minimum atomic E-state index is -0.747. The van der Waals surface area contributed by atoms with Gasteiger partial charge in [-0.2, -0.15) is 0 Å². The van der Waals surface area contributed by atoms with Crippen molar-refractivity contribution >= 4 is 28.2 Å². The minimum absolute atomic E-state index is 0.0216. The second kappa shape index (κ2) is 3.06. The van der Waals surface area contributed by atoms with Crippen LogP contribution in [-0.4, -0.2) is 4.98 Å². The van der Waals surface area contributed by atoms with Crippen molar-refractivity contribution in [1.82, 2.24) is 4.98 Å². The number of rotatable bonds is 0. The summed E-state index contributed by atoms with van der Waals surface area (Å²) < 4.78 is 26.0. The third-order valence-corrected chi connectivity index (χ3v) is 2.18. The highest BCUT2D eigenvalue weighted by atomic mass is 35.5. The molecule has 0 saturated carbocycles. The van der Waals surface area contributed by atoms with Crippen LogP contribution in [0.5, 0.6) is 0 Å². The van der Waals surface area contributed by atoms with E-state index >= 15 is 0 Å². The van der Waals surface area contributed by atoms with Crippen LogP contribution < -0.4 is 5.73 Å². The first kappa shape index (κ1) is 9.15. The van der Waals surface area contributed by atoms with Crippen molar-refractivity contribution in [2.45, 2.75) is 0 Å². The van der Waals surface area contributed by atoms with Gasteiger partial charge in [0.15, 0.2) is 5.82 Å². The van der Waals surface area contributed by atoms with Crippen LogP contribution in [0.15, 0.2) is 18.3 Å². The molecule has 0 atom stereocenters. The van der Waals surface area contributed by atoms with Gasteiger partial charge < -0.3 is 5.73 Å². The SMILES string of the molecule is Nc1c(Cl)cnc2c(F)cc(F)cc12. The molecule has 14 heavy (non-hydrogen) atoms. The molecule has 0 aliphatic carbocycles. The number of pyridine rings is 1. The van der Waals surface area contributed by atoms with E-state index in [9.17, 15) is 8.78 Å². The first-order valence-corrected chi connectivity index (χ1v) is 4.16. The molecule has 0 aliphatic heterocycles. The lowest BCUT2D eigenvalue weighted by Gasteiger charge is -2.03. The van der Waals surface area contributed by atoms with Gasteiger partial charge in [-0.25, -0.2) is 8.78 Å². The maximum Gasteiger partial charge on any atom is 0.152 e. The summed E-state index contributed by atoms with van der Waals surface area (Å²) in [6, 6.07) is 1.86. The minimum Gasteiger partial charge on any atom is -0.397 e. The van der Waals surface area contributed by atoms with E-state index in [4.69, 9.17) is 17.3 Å². The maximum atomic E-state index is 13.2. The summed E-state index contributed by atoms with van der Waals surface area (Å²) in [5.74, 6) is -1.45. The number of nitrogens with zero attached hydrogens (tertiary/aromatic N) is 1. The number of halogens is 3. The van der Waals surface area contributed by atoms with E-state index in [1.807, 2.05) is 0 Å². The molecule has 0 amide bonds. The van der Waals surface area contributed by atoms with Crippen LogP contribution in [0.4, 0.5) is 14.5 Å². The van der Waals surface area contributed by atoms with Gasteiger partial charge in [0.1, 0.15) is 11.3 Å². The number of hydrogen-bond donors (Lipinski definition) is 1. The first-order chi connectivity index (χ1) is 6.59. The van der Waals surface area contributed by atoms with E-state index < -0.39 is 11.6 Å². The number of nitrogen functional groups attached to an aromatic ring is 1. The Morgan fingerprint density at radius 2 is 2.00 bits per heavy atom. The molecule has 0 unspecified atom stereocenters. The standard InChI is InChI=1S/C9H5ClF2N2/c10-6-3-14-9-5(8(6)13)1-4(11)2-7(9)12/h1-3H,(H2,13,14). The van der Waals surface area contributed by atoms with E-state index in [0.717, 1.165) is 12.1 Å². The van der Waals surface area contributed by atoms with Gasteiger partial charge in [-0.05, 0) is 6.07 Å². The highest BCUT2D eigenvalue weighted by molar-refractivity contribution is 6.34.